The summed E-state index contributed by atoms with van der Waals surface area (Å²) in [6, 6.07) is 0.290. The number of ether oxygens (including phenoxy) is 1. The summed E-state index contributed by atoms with van der Waals surface area (Å²) in [5, 5.41) is 7.21. The highest BCUT2D eigenvalue weighted by atomic mass is 16.6. The summed E-state index contributed by atoms with van der Waals surface area (Å²) in [5.41, 5.74) is -0.448. The van der Waals surface area contributed by atoms with Crippen molar-refractivity contribution in [3.05, 3.63) is 12.2 Å². The van der Waals surface area contributed by atoms with Gasteiger partial charge in [0.15, 0.2) is 5.82 Å². The van der Waals surface area contributed by atoms with Crippen molar-refractivity contribution < 1.29 is 14.1 Å². The molecule has 118 valence electrons. The van der Waals surface area contributed by atoms with Crippen LogP contribution in [0, 0.1) is 0 Å². The number of aromatic nitrogens is 2. The Balaban J connectivity index is 1.74. The molecule has 7 nitrogen and oxygen atoms in total. The molecule has 1 atom stereocenters. The van der Waals surface area contributed by atoms with Crippen molar-refractivity contribution in [3.63, 3.8) is 0 Å². The molecule has 0 aromatic carbocycles. The van der Waals surface area contributed by atoms with E-state index in [9.17, 15) is 4.79 Å². The third-order valence-electron chi connectivity index (χ3n) is 3.26. The van der Waals surface area contributed by atoms with Crippen LogP contribution in [0.4, 0.5) is 4.79 Å². The van der Waals surface area contributed by atoms with E-state index < -0.39 is 5.60 Å². The van der Waals surface area contributed by atoms with Gasteiger partial charge in [-0.05, 0) is 33.6 Å². The molecule has 0 spiro atoms. The predicted molar refractivity (Wildman–Crippen MR) is 76.8 cm³/mol. The maximum atomic E-state index is 12.1. The van der Waals surface area contributed by atoms with Gasteiger partial charge in [0, 0.05) is 32.1 Å². The van der Waals surface area contributed by atoms with E-state index in [-0.39, 0.29) is 12.1 Å². The summed E-state index contributed by atoms with van der Waals surface area (Å²) in [7, 11) is 0. The Morgan fingerprint density at radius 2 is 2.38 bits per heavy atom. The topological polar surface area (TPSA) is 80.5 Å². The highest BCUT2D eigenvalue weighted by Crippen LogP contribution is 2.15. The highest BCUT2D eigenvalue weighted by molar-refractivity contribution is 5.68. The van der Waals surface area contributed by atoms with Crippen molar-refractivity contribution >= 4 is 6.09 Å². The quantitative estimate of drug-likeness (QED) is 0.909. The number of nitrogens with zero attached hydrogens (tertiary/aromatic N) is 3. The van der Waals surface area contributed by atoms with Crippen LogP contribution in [0.15, 0.2) is 10.9 Å². The van der Waals surface area contributed by atoms with Gasteiger partial charge in [0.1, 0.15) is 5.60 Å². The molecule has 7 heteroatoms. The van der Waals surface area contributed by atoms with Gasteiger partial charge in [-0.25, -0.2) is 4.79 Å². The molecule has 1 N–H and O–H groups in total. The first-order valence-corrected chi connectivity index (χ1v) is 7.40. The van der Waals surface area contributed by atoms with Gasteiger partial charge in [-0.2, -0.15) is 4.98 Å². The second kappa shape index (κ2) is 6.89. The number of hydrogen-bond acceptors (Lipinski definition) is 6. The van der Waals surface area contributed by atoms with Crippen LogP contribution in [0.25, 0.3) is 0 Å². The number of piperidine rings is 1. The molecular formula is C14H24N4O3. The predicted octanol–water partition coefficient (Wildman–Crippen LogP) is 1.60. The maximum absolute atomic E-state index is 12.1. The summed E-state index contributed by atoms with van der Waals surface area (Å²) in [5.74, 6) is 0.697. The van der Waals surface area contributed by atoms with Crippen LogP contribution in [-0.4, -0.2) is 52.4 Å². The average Bonchev–Trinajstić information content (AvgIpc) is 2.90. The van der Waals surface area contributed by atoms with Crippen molar-refractivity contribution in [2.45, 2.75) is 51.7 Å². The second-order valence-corrected chi connectivity index (χ2v) is 6.32. The Hall–Kier alpha value is -1.63. The van der Waals surface area contributed by atoms with E-state index >= 15 is 0 Å². The molecule has 1 aromatic heterocycles. The lowest BCUT2D eigenvalue weighted by atomic mass is 10.1. The lowest BCUT2D eigenvalue weighted by molar-refractivity contribution is 0.0188. The van der Waals surface area contributed by atoms with Gasteiger partial charge < -0.3 is 19.5 Å². The molecule has 1 saturated heterocycles. The molecule has 2 heterocycles. The van der Waals surface area contributed by atoms with E-state index in [4.69, 9.17) is 9.26 Å². The molecule has 0 aliphatic carbocycles. The minimum Gasteiger partial charge on any atom is -0.444 e. The van der Waals surface area contributed by atoms with Crippen molar-refractivity contribution in [2.75, 3.05) is 19.6 Å². The highest BCUT2D eigenvalue weighted by Gasteiger charge is 2.27. The zero-order chi connectivity index (χ0) is 15.3. The van der Waals surface area contributed by atoms with Gasteiger partial charge in [-0.1, -0.05) is 5.16 Å². The molecule has 1 amide bonds. The number of hydrogen-bond donors (Lipinski definition) is 1. The third-order valence-corrected chi connectivity index (χ3v) is 3.26. The number of rotatable bonds is 4. The van der Waals surface area contributed by atoms with Gasteiger partial charge in [-0.3, -0.25) is 0 Å². The summed E-state index contributed by atoms with van der Waals surface area (Å²) in [4.78, 5) is 17.8. The molecule has 1 unspecified atom stereocenters. The molecule has 0 bridgehead atoms. The fraction of sp³-hybridized carbons (Fsp3) is 0.786. The summed E-state index contributed by atoms with van der Waals surface area (Å²) in [6.45, 7) is 7.87. The molecule has 0 saturated carbocycles. The largest absolute Gasteiger partial charge is 0.444 e. The first kappa shape index (κ1) is 15.8. The number of carbonyl (C=O) groups excluding carboxylic acids is 1. The first-order valence-electron chi connectivity index (χ1n) is 7.40. The SMILES string of the molecule is CC(C)(C)OC(=O)N1CCCC(NCCc2ncon2)C1. The maximum Gasteiger partial charge on any atom is 0.410 e. The Labute approximate surface area is 125 Å². The molecule has 2 rings (SSSR count). The van der Waals surface area contributed by atoms with Gasteiger partial charge in [-0.15, -0.1) is 0 Å². The van der Waals surface area contributed by atoms with Gasteiger partial charge in [0.25, 0.3) is 0 Å². The van der Waals surface area contributed by atoms with Crippen molar-refractivity contribution in [2.24, 2.45) is 0 Å². The van der Waals surface area contributed by atoms with Gasteiger partial charge in [0.05, 0.1) is 0 Å². The van der Waals surface area contributed by atoms with Crippen LogP contribution in [0.3, 0.4) is 0 Å². The number of likely N-dealkylation sites (tertiary alicyclic amines) is 1. The van der Waals surface area contributed by atoms with Crippen LogP contribution < -0.4 is 5.32 Å². The fourth-order valence-electron chi connectivity index (χ4n) is 2.33. The van der Waals surface area contributed by atoms with Gasteiger partial charge >= 0.3 is 6.09 Å². The second-order valence-electron chi connectivity index (χ2n) is 6.32. The average molecular weight is 296 g/mol. The van der Waals surface area contributed by atoms with Crippen LogP contribution >= 0.6 is 0 Å². The molecule has 1 fully saturated rings. The molecule has 1 aliphatic heterocycles. The molecular weight excluding hydrogens is 272 g/mol. The van der Waals surface area contributed by atoms with Crippen LogP contribution in [0.2, 0.25) is 0 Å². The Kier molecular flexibility index (Phi) is 5.17. The Bertz CT molecular complexity index is 442. The minimum absolute atomic E-state index is 0.229. The minimum atomic E-state index is -0.448. The standard InChI is InChI=1S/C14H24N4O3/c1-14(2,3)21-13(19)18-8-4-5-11(9-18)15-7-6-12-16-10-20-17-12/h10-11,15H,4-9H2,1-3H3. The van der Waals surface area contributed by atoms with E-state index in [0.29, 0.717) is 12.4 Å². The van der Waals surface area contributed by atoms with E-state index in [2.05, 4.69) is 15.5 Å². The number of nitrogens with one attached hydrogen (secondary N) is 1. The molecule has 1 aromatic rings. The zero-order valence-electron chi connectivity index (χ0n) is 13.0. The summed E-state index contributed by atoms with van der Waals surface area (Å²) in [6.07, 6.45) is 3.87. The molecule has 0 radical (unpaired) electrons. The monoisotopic (exact) mass is 296 g/mol. The normalized spacial score (nSPS) is 19.6. The van der Waals surface area contributed by atoms with Crippen LogP contribution in [-0.2, 0) is 11.2 Å². The Morgan fingerprint density at radius 3 is 3.05 bits per heavy atom. The van der Waals surface area contributed by atoms with E-state index in [1.54, 1.807) is 4.90 Å². The van der Waals surface area contributed by atoms with E-state index in [1.165, 1.54) is 6.39 Å². The zero-order valence-corrected chi connectivity index (χ0v) is 13.0. The lowest BCUT2D eigenvalue weighted by Gasteiger charge is -2.34. The number of amides is 1. The van der Waals surface area contributed by atoms with Crippen molar-refractivity contribution in [3.8, 4) is 0 Å². The van der Waals surface area contributed by atoms with E-state index in [0.717, 1.165) is 32.4 Å². The van der Waals surface area contributed by atoms with Crippen LogP contribution in [0.1, 0.15) is 39.4 Å². The van der Waals surface area contributed by atoms with E-state index in [1.807, 2.05) is 20.8 Å². The first-order chi connectivity index (χ1) is 9.94. The van der Waals surface area contributed by atoms with Gasteiger partial charge in [0.2, 0.25) is 6.39 Å². The summed E-state index contributed by atoms with van der Waals surface area (Å²) < 4.78 is 10.1. The number of carbonyl (C=O) groups is 1. The molecule has 1 aliphatic rings. The third kappa shape index (κ3) is 5.34. The van der Waals surface area contributed by atoms with Crippen LogP contribution in [0.5, 0.6) is 0 Å². The Morgan fingerprint density at radius 1 is 1.57 bits per heavy atom. The van der Waals surface area contributed by atoms with Crippen molar-refractivity contribution in [1.29, 1.82) is 0 Å². The lowest BCUT2D eigenvalue weighted by Crippen LogP contribution is -2.49. The molecule has 21 heavy (non-hydrogen) atoms. The van der Waals surface area contributed by atoms with Crippen molar-refractivity contribution in [1.82, 2.24) is 20.4 Å². The fourth-order valence-corrected chi connectivity index (χ4v) is 2.33. The smallest absolute Gasteiger partial charge is 0.410 e. The summed E-state index contributed by atoms with van der Waals surface area (Å²) >= 11 is 0.